The van der Waals surface area contributed by atoms with Crippen LogP contribution in [0.2, 0.25) is 0 Å². The van der Waals surface area contributed by atoms with E-state index in [1.807, 2.05) is 24.3 Å². The van der Waals surface area contributed by atoms with Gasteiger partial charge in [-0.05, 0) is 73.2 Å². The van der Waals surface area contributed by atoms with Gasteiger partial charge >= 0.3 is 6.16 Å². The van der Waals surface area contributed by atoms with Gasteiger partial charge in [-0.3, -0.25) is 9.59 Å². The van der Waals surface area contributed by atoms with Crippen LogP contribution < -0.4 is 15.4 Å². The van der Waals surface area contributed by atoms with Crippen LogP contribution >= 0.6 is 15.9 Å². The molecule has 0 aliphatic rings. The summed E-state index contributed by atoms with van der Waals surface area (Å²) in [5, 5.41) is 5.54. The maximum absolute atomic E-state index is 12.4. The molecule has 0 atom stereocenters. The molecular weight excluding hydrogens is 488 g/mol. The van der Waals surface area contributed by atoms with Crippen LogP contribution in [0.1, 0.15) is 22.8 Å². The molecule has 3 aromatic carbocycles. The minimum atomic E-state index is -0.801. The highest BCUT2D eigenvalue weighted by molar-refractivity contribution is 9.10. The lowest BCUT2D eigenvalue weighted by Crippen LogP contribution is -2.13. The zero-order valence-corrected chi connectivity index (χ0v) is 19.3. The zero-order valence-electron chi connectivity index (χ0n) is 17.7. The van der Waals surface area contributed by atoms with Gasteiger partial charge in [0.2, 0.25) is 5.91 Å². The number of hydrogen-bond donors (Lipinski definition) is 2. The Labute approximate surface area is 199 Å². The zero-order chi connectivity index (χ0) is 23.6. The molecular formula is C25H21BrN2O5. The predicted molar refractivity (Wildman–Crippen MR) is 130 cm³/mol. The third-order valence-electron chi connectivity index (χ3n) is 4.31. The Bertz CT molecular complexity index is 1160. The van der Waals surface area contributed by atoms with Gasteiger partial charge in [0.1, 0.15) is 5.75 Å². The third-order valence-corrected chi connectivity index (χ3v) is 5.03. The molecule has 0 saturated heterocycles. The Balaban J connectivity index is 1.53. The van der Waals surface area contributed by atoms with Crippen LogP contribution in [0, 0.1) is 0 Å². The molecule has 2 amide bonds. The number of carbonyl (C=O) groups excluding carboxylic acids is 3. The first-order chi connectivity index (χ1) is 15.9. The second-order valence-electron chi connectivity index (χ2n) is 6.69. The molecule has 0 fully saturated rings. The number of carbonyl (C=O) groups is 3. The number of hydrogen-bond acceptors (Lipinski definition) is 5. The van der Waals surface area contributed by atoms with Crippen molar-refractivity contribution in [3.63, 3.8) is 0 Å². The molecule has 0 radical (unpaired) electrons. The molecule has 7 nitrogen and oxygen atoms in total. The fourth-order valence-corrected chi connectivity index (χ4v) is 3.13. The molecule has 2 N–H and O–H groups in total. The Hall–Kier alpha value is -3.91. The summed E-state index contributed by atoms with van der Waals surface area (Å²) >= 11 is 3.43. The van der Waals surface area contributed by atoms with E-state index in [1.54, 1.807) is 37.3 Å². The molecule has 8 heteroatoms. The lowest BCUT2D eigenvalue weighted by Gasteiger charge is -2.08. The minimum absolute atomic E-state index is 0.212. The number of halogens is 1. The number of amides is 2. The molecule has 0 unspecified atom stereocenters. The van der Waals surface area contributed by atoms with E-state index in [0.717, 1.165) is 10.0 Å². The van der Waals surface area contributed by atoms with Gasteiger partial charge in [-0.1, -0.05) is 34.1 Å². The monoisotopic (exact) mass is 508 g/mol. The van der Waals surface area contributed by atoms with Gasteiger partial charge in [-0.15, -0.1) is 0 Å². The predicted octanol–water partition coefficient (Wildman–Crippen LogP) is 5.89. The van der Waals surface area contributed by atoms with Crippen molar-refractivity contribution in [1.29, 1.82) is 0 Å². The minimum Gasteiger partial charge on any atom is -0.434 e. The van der Waals surface area contributed by atoms with Crippen LogP contribution in [0.25, 0.3) is 6.08 Å². The van der Waals surface area contributed by atoms with E-state index >= 15 is 0 Å². The van der Waals surface area contributed by atoms with Crippen LogP contribution in [0.15, 0.2) is 83.3 Å². The topological polar surface area (TPSA) is 93.7 Å². The molecule has 0 aromatic heterocycles. The molecule has 3 aromatic rings. The van der Waals surface area contributed by atoms with Crippen molar-refractivity contribution in [2.24, 2.45) is 0 Å². The Morgan fingerprint density at radius 1 is 0.879 bits per heavy atom. The first kappa shape index (κ1) is 23.7. The van der Waals surface area contributed by atoms with Crippen LogP contribution in [0.3, 0.4) is 0 Å². The summed E-state index contributed by atoms with van der Waals surface area (Å²) in [6.07, 6.45) is 2.37. The standard InChI is InChI=1S/C25H21BrN2O5/c1-2-32-25(31)33-21-14-7-18(8-15-21)24(30)28-20-12-10-19(11-13-20)27-23(29)16-9-17-5-3-4-6-22(17)26/h3-16H,2H2,1H3,(H,27,29)(H,28,30)/b16-9+. The first-order valence-corrected chi connectivity index (χ1v) is 10.8. The Morgan fingerprint density at radius 3 is 2.15 bits per heavy atom. The smallest absolute Gasteiger partial charge is 0.434 e. The average molecular weight is 509 g/mol. The molecule has 3 rings (SSSR count). The van der Waals surface area contributed by atoms with E-state index < -0.39 is 6.16 Å². The van der Waals surface area contributed by atoms with Crippen molar-refractivity contribution in [1.82, 2.24) is 0 Å². The highest BCUT2D eigenvalue weighted by Gasteiger charge is 2.09. The summed E-state index contributed by atoms with van der Waals surface area (Å²) < 4.78 is 10.6. The number of anilines is 2. The van der Waals surface area contributed by atoms with E-state index in [0.29, 0.717) is 16.9 Å². The van der Waals surface area contributed by atoms with Crippen LogP contribution in [-0.2, 0) is 9.53 Å². The van der Waals surface area contributed by atoms with Crippen LogP contribution in [0.5, 0.6) is 5.75 Å². The largest absolute Gasteiger partial charge is 0.513 e. The van der Waals surface area contributed by atoms with Crippen molar-refractivity contribution in [3.05, 3.63) is 94.5 Å². The molecule has 0 heterocycles. The van der Waals surface area contributed by atoms with E-state index in [4.69, 9.17) is 9.47 Å². The van der Waals surface area contributed by atoms with Gasteiger partial charge in [0, 0.05) is 27.5 Å². The lowest BCUT2D eigenvalue weighted by molar-refractivity contribution is -0.111. The third kappa shape index (κ3) is 7.33. The first-order valence-electron chi connectivity index (χ1n) is 10.0. The number of ether oxygens (including phenoxy) is 2. The van der Waals surface area contributed by atoms with Gasteiger partial charge in [-0.2, -0.15) is 0 Å². The highest BCUT2D eigenvalue weighted by atomic mass is 79.9. The summed E-state index contributed by atoms with van der Waals surface area (Å²) in [5.41, 5.74) is 2.44. The molecule has 33 heavy (non-hydrogen) atoms. The molecule has 0 bridgehead atoms. The second-order valence-corrected chi connectivity index (χ2v) is 7.54. The van der Waals surface area contributed by atoms with Gasteiger partial charge < -0.3 is 20.1 Å². The summed E-state index contributed by atoms with van der Waals surface area (Å²) in [6, 6.07) is 20.4. The van der Waals surface area contributed by atoms with Gasteiger partial charge in [0.25, 0.3) is 5.91 Å². The molecule has 0 saturated carbocycles. The SMILES string of the molecule is CCOC(=O)Oc1ccc(C(=O)Nc2ccc(NC(=O)/C=C/c3ccccc3Br)cc2)cc1. The highest BCUT2D eigenvalue weighted by Crippen LogP contribution is 2.19. The average Bonchev–Trinajstić information content (AvgIpc) is 2.80. The van der Waals surface area contributed by atoms with Crippen LogP contribution in [0.4, 0.5) is 16.2 Å². The van der Waals surface area contributed by atoms with Crippen molar-refractivity contribution in [2.75, 3.05) is 17.2 Å². The normalized spacial score (nSPS) is 10.5. The van der Waals surface area contributed by atoms with E-state index in [1.165, 1.54) is 30.3 Å². The number of rotatable bonds is 7. The van der Waals surface area contributed by atoms with Gasteiger partial charge in [0.15, 0.2) is 0 Å². The number of benzene rings is 3. The molecule has 0 spiro atoms. The van der Waals surface area contributed by atoms with Crippen LogP contribution in [-0.4, -0.2) is 24.6 Å². The quantitative estimate of drug-likeness (QED) is 0.235. The lowest BCUT2D eigenvalue weighted by atomic mass is 10.2. The van der Waals surface area contributed by atoms with Crippen molar-refractivity contribution < 1.29 is 23.9 Å². The summed E-state index contributed by atoms with van der Waals surface area (Å²) in [4.78, 5) is 35.9. The number of nitrogens with one attached hydrogen (secondary N) is 2. The van der Waals surface area contributed by atoms with Gasteiger partial charge in [0.05, 0.1) is 6.61 Å². The fraction of sp³-hybridized carbons (Fsp3) is 0.0800. The Morgan fingerprint density at radius 2 is 1.52 bits per heavy atom. The van der Waals surface area contributed by atoms with E-state index in [2.05, 4.69) is 26.6 Å². The second kappa shape index (κ2) is 11.6. The van der Waals surface area contributed by atoms with Crippen molar-refractivity contribution >= 4 is 51.4 Å². The van der Waals surface area contributed by atoms with E-state index in [-0.39, 0.29) is 24.2 Å². The summed E-state index contributed by atoms with van der Waals surface area (Å²) in [5.74, 6) is -0.322. The van der Waals surface area contributed by atoms with Crippen molar-refractivity contribution in [3.8, 4) is 5.75 Å². The maximum atomic E-state index is 12.4. The fourth-order valence-electron chi connectivity index (χ4n) is 2.72. The van der Waals surface area contributed by atoms with Gasteiger partial charge in [-0.25, -0.2) is 4.79 Å². The Kier molecular flexibility index (Phi) is 8.37. The van der Waals surface area contributed by atoms with E-state index in [9.17, 15) is 14.4 Å². The molecule has 0 aliphatic carbocycles. The molecule has 168 valence electrons. The van der Waals surface area contributed by atoms with Crippen molar-refractivity contribution in [2.45, 2.75) is 6.92 Å². The maximum Gasteiger partial charge on any atom is 0.513 e. The summed E-state index contributed by atoms with van der Waals surface area (Å²) in [7, 11) is 0. The summed E-state index contributed by atoms with van der Waals surface area (Å²) in [6.45, 7) is 1.89. The molecule has 0 aliphatic heterocycles.